The van der Waals surface area contributed by atoms with Crippen molar-refractivity contribution < 1.29 is 38.2 Å². The fourth-order valence-corrected chi connectivity index (χ4v) is 7.03. The molecule has 1 aliphatic rings. The van der Waals surface area contributed by atoms with E-state index in [1.807, 2.05) is 87.8 Å². The number of carbonyl (C=O) groups is 5. The molecule has 15 heteroatoms. The molecule has 1 aromatic heterocycles. The van der Waals surface area contributed by atoms with E-state index in [9.17, 15) is 24.0 Å². The van der Waals surface area contributed by atoms with Crippen LogP contribution in [0.4, 0.5) is 0 Å². The minimum absolute atomic E-state index is 0.117. The zero-order chi connectivity index (χ0) is 40.5. The molecule has 4 N–H and O–H groups in total. The zero-order valence-electron chi connectivity index (χ0n) is 33.1. The van der Waals surface area contributed by atoms with Gasteiger partial charge in [0.15, 0.2) is 0 Å². The lowest BCUT2D eigenvalue weighted by molar-refractivity contribution is -0.144. The highest BCUT2D eigenvalue weighted by molar-refractivity contribution is 7.13. The lowest BCUT2D eigenvalue weighted by Crippen LogP contribution is -2.60. The molecule has 0 saturated carbocycles. The van der Waals surface area contributed by atoms with Gasteiger partial charge in [0.05, 0.1) is 49.1 Å². The molecule has 5 amide bonds. The van der Waals surface area contributed by atoms with Gasteiger partial charge in [-0.3, -0.25) is 24.0 Å². The van der Waals surface area contributed by atoms with E-state index in [0.29, 0.717) is 52.3 Å². The van der Waals surface area contributed by atoms with Gasteiger partial charge in [-0.05, 0) is 41.9 Å². The number of likely N-dealkylation sites (tertiary alicyclic amines) is 1. The molecule has 14 nitrogen and oxygen atoms in total. The first kappa shape index (κ1) is 44.0. The summed E-state index contributed by atoms with van der Waals surface area (Å²) in [7, 11) is 0. The van der Waals surface area contributed by atoms with E-state index in [-0.39, 0.29) is 44.0 Å². The van der Waals surface area contributed by atoms with Crippen LogP contribution >= 0.6 is 11.3 Å². The highest BCUT2D eigenvalue weighted by atomic mass is 32.1. The van der Waals surface area contributed by atoms with Gasteiger partial charge in [-0.15, -0.1) is 11.3 Å². The number of aromatic nitrogens is 1. The lowest BCUT2D eigenvalue weighted by Gasteiger charge is -2.36. The predicted octanol–water partition coefficient (Wildman–Crippen LogP) is 3.17. The maximum absolute atomic E-state index is 14.2. The van der Waals surface area contributed by atoms with Gasteiger partial charge >= 0.3 is 0 Å². The second kappa shape index (κ2) is 22.1. The van der Waals surface area contributed by atoms with Crippen LogP contribution in [0, 0.1) is 12.3 Å². The van der Waals surface area contributed by atoms with Crippen LogP contribution in [0.15, 0.2) is 60.1 Å². The molecule has 0 radical (unpaired) electrons. The molecule has 3 aromatic rings. The van der Waals surface area contributed by atoms with Crippen molar-refractivity contribution in [1.82, 2.24) is 31.2 Å². The molecule has 2 aromatic carbocycles. The van der Waals surface area contributed by atoms with E-state index in [1.165, 1.54) is 6.92 Å². The van der Waals surface area contributed by atoms with Gasteiger partial charge in [0.1, 0.15) is 24.7 Å². The summed E-state index contributed by atoms with van der Waals surface area (Å²) >= 11 is 1.58. The van der Waals surface area contributed by atoms with E-state index in [1.54, 1.807) is 16.2 Å². The topological polar surface area (TPSA) is 177 Å². The monoisotopic (exact) mass is 792 g/mol. The van der Waals surface area contributed by atoms with Crippen LogP contribution in [-0.4, -0.2) is 110 Å². The van der Waals surface area contributed by atoms with Gasteiger partial charge in [-0.1, -0.05) is 75.4 Å². The Kier molecular flexibility index (Phi) is 17.4. The molecule has 1 unspecified atom stereocenters. The van der Waals surface area contributed by atoms with Crippen LogP contribution in [0.3, 0.4) is 0 Å². The number of thiazole rings is 1. The smallest absolute Gasteiger partial charge is 0.246 e. The standard InChI is InChI=1S/C41H56N6O8S/c1-28-36(56-27-44-28)32-15-13-31(14-16-32)25-43-39(51)34-12-9-18-47(34)40(52)37(41(3,4)5)46-38(50)33(24-30-10-7-6-8-11-30)45-35(49)26-55-23-22-54-21-20-53-19-17-42-29(2)48/h6-8,10-11,13-16,27,33-34,37H,9,12,17-26H2,1-5H3,(H,42,48)(H,43,51)(H,45,49)(H,46,50)/t33-,34-,37?/m0/s1. The van der Waals surface area contributed by atoms with Crippen LogP contribution in [0.25, 0.3) is 10.4 Å². The van der Waals surface area contributed by atoms with Crippen molar-refractivity contribution in [1.29, 1.82) is 0 Å². The predicted molar refractivity (Wildman–Crippen MR) is 213 cm³/mol. The minimum Gasteiger partial charge on any atom is -0.377 e. The second-order valence-electron chi connectivity index (χ2n) is 14.7. The summed E-state index contributed by atoms with van der Waals surface area (Å²) < 4.78 is 16.3. The molecule has 1 saturated heterocycles. The van der Waals surface area contributed by atoms with Crippen molar-refractivity contribution in [3.05, 3.63) is 76.9 Å². The molecule has 304 valence electrons. The molecule has 2 heterocycles. The third kappa shape index (κ3) is 14.1. The summed E-state index contributed by atoms with van der Waals surface area (Å²) in [6, 6.07) is 14.6. The van der Waals surface area contributed by atoms with Crippen LogP contribution in [0.2, 0.25) is 0 Å². The Morgan fingerprint density at radius 2 is 1.55 bits per heavy atom. The maximum atomic E-state index is 14.2. The van der Waals surface area contributed by atoms with E-state index >= 15 is 0 Å². The van der Waals surface area contributed by atoms with E-state index < -0.39 is 35.4 Å². The first-order valence-electron chi connectivity index (χ1n) is 19.0. The molecular formula is C41H56N6O8S. The Morgan fingerprint density at radius 3 is 2.20 bits per heavy atom. The molecule has 0 aliphatic carbocycles. The molecule has 0 bridgehead atoms. The van der Waals surface area contributed by atoms with Crippen molar-refractivity contribution in [3.8, 4) is 10.4 Å². The Labute approximate surface area is 333 Å². The fourth-order valence-electron chi connectivity index (χ4n) is 6.22. The number of hydrogen-bond donors (Lipinski definition) is 4. The fraction of sp³-hybridized carbons (Fsp3) is 0.512. The molecule has 3 atom stereocenters. The quantitative estimate of drug-likeness (QED) is 0.118. The largest absolute Gasteiger partial charge is 0.377 e. The second-order valence-corrected chi connectivity index (χ2v) is 15.6. The third-order valence-electron chi connectivity index (χ3n) is 9.20. The number of nitrogens with one attached hydrogen (secondary N) is 4. The third-order valence-corrected chi connectivity index (χ3v) is 10.2. The molecule has 56 heavy (non-hydrogen) atoms. The van der Waals surface area contributed by atoms with Crippen molar-refractivity contribution in [2.75, 3.05) is 52.7 Å². The van der Waals surface area contributed by atoms with Crippen LogP contribution in [0.5, 0.6) is 0 Å². The van der Waals surface area contributed by atoms with Crippen LogP contribution < -0.4 is 21.3 Å². The highest BCUT2D eigenvalue weighted by Gasteiger charge is 2.42. The molecular weight excluding hydrogens is 737 g/mol. The normalized spacial score (nSPS) is 15.2. The van der Waals surface area contributed by atoms with Gasteiger partial charge in [0.2, 0.25) is 29.5 Å². The van der Waals surface area contributed by atoms with Gasteiger partial charge < -0.3 is 40.4 Å². The summed E-state index contributed by atoms with van der Waals surface area (Å²) in [6.45, 7) is 11.3. The van der Waals surface area contributed by atoms with Crippen molar-refractivity contribution in [2.45, 2.75) is 78.6 Å². The van der Waals surface area contributed by atoms with Gasteiger partial charge in [-0.25, -0.2) is 4.98 Å². The number of carbonyl (C=O) groups excluding carboxylic acids is 5. The number of nitrogens with zero attached hydrogens (tertiary/aromatic N) is 2. The van der Waals surface area contributed by atoms with Gasteiger partial charge in [0, 0.05) is 33.0 Å². The van der Waals surface area contributed by atoms with Crippen molar-refractivity contribution in [2.24, 2.45) is 5.41 Å². The SMILES string of the molecule is CC(=O)NCCOCCOCCOCC(=O)N[C@@H](Cc1ccccc1)C(=O)NC(C(=O)N1CCC[C@H]1C(=O)NCc1ccc(-c2scnc2C)cc1)C(C)(C)C. The van der Waals surface area contributed by atoms with Crippen molar-refractivity contribution in [3.63, 3.8) is 0 Å². The van der Waals surface area contributed by atoms with E-state index in [0.717, 1.165) is 27.3 Å². The lowest BCUT2D eigenvalue weighted by atomic mass is 9.85. The van der Waals surface area contributed by atoms with E-state index in [4.69, 9.17) is 14.2 Å². The first-order chi connectivity index (χ1) is 26.8. The average molecular weight is 793 g/mol. The minimum atomic E-state index is -0.999. The van der Waals surface area contributed by atoms with Gasteiger partial charge in [-0.2, -0.15) is 0 Å². The average Bonchev–Trinajstić information content (AvgIpc) is 3.84. The summed E-state index contributed by atoms with van der Waals surface area (Å²) in [5.41, 5.74) is 4.91. The zero-order valence-corrected chi connectivity index (χ0v) is 33.9. The number of amides is 5. The Morgan fingerprint density at radius 1 is 0.875 bits per heavy atom. The number of hydrogen-bond acceptors (Lipinski definition) is 10. The summed E-state index contributed by atoms with van der Waals surface area (Å²) in [5, 5.41) is 11.4. The Bertz CT molecular complexity index is 1730. The number of ether oxygens (including phenoxy) is 3. The number of aryl methyl sites for hydroxylation is 1. The Balaban J connectivity index is 1.31. The highest BCUT2D eigenvalue weighted by Crippen LogP contribution is 2.28. The molecule has 1 fully saturated rings. The van der Waals surface area contributed by atoms with Crippen LogP contribution in [0.1, 0.15) is 57.4 Å². The molecule has 4 rings (SSSR count). The molecule has 1 aliphatic heterocycles. The first-order valence-corrected chi connectivity index (χ1v) is 19.9. The van der Waals surface area contributed by atoms with Crippen LogP contribution in [-0.2, 0) is 51.1 Å². The Hall–Kier alpha value is -4.70. The summed E-state index contributed by atoms with van der Waals surface area (Å²) in [5.74, 6) is -1.73. The van der Waals surface area contributed by atoms with E-state index in [2.05, 4.69) is 26.3 Å². The number of rotatable bonds is 21. The summed E-state index contributed by atoms with van der Waals surface area (Å²) in [6.07, 6.45) is 1.36. The number of benzene rings is 2. The summed E-state index contributed by atoms with van der Waals surface area (Å²) in [4.78, 5) is 72.6. The maximum Gasteiger partial charge on any atom is 0.246 e. The van der Waals surface area contributed by atoms with Crippen molar-refractivity contribution >= 4 is 40.9 Å². The van der Waals surface area contributed by atoms with Gasteiger partial charge in [0.25, 0.3) is 0 Å². The molecule has 0 spiro atoms.